The highest BCUT2D eigenvalue weighted by Crippen LogP contribution is 2.23. The van der Waals surface area contributed by atoms with Crippen LogP contribution < -0.4 is 16.0 Å². The number of fused-ring (bicyclic) bond motifs is 3. The van der Waals surface area contributed by atoms with Gasteiger partial charge in [0.25, 0.3) is 0 Å². The highest BCUT2D eigenvalue weighted by atomic mass is 32.1. The third kappa shape index (κ3) is 7.41. The van der Waals surface area contributed by atoms with Gasteiger partial charge in [-0.05, 0) is 68.3 Å². The summed E-state index contributed by atoms with van der Waals surface area (Å²) in [6, 6.07) is 8.63. The van der Waals surface area contributed by atoms with Crippen molar-refractivity contribution in [2.75, 3.05) is 32.7 Å². The van der Waals surface area contributed by atoms with E-state index in [9.17, 15) is 0 Å². The number of benzene rings is 1. The van der Waals surface area contributed by atoms with Gasteiger partial charge in [-0.3, -0.25) is 0 Å². The Hall–Kier alpha value is -2.72. The molecule has 9 heteroatoms. The van der Waals surface area contributed by atoms with Gasteiger partial charge in [-0.25, -0.2) is 9.97 Å². The van der Waals surface area contributed by atoms with E-state index in [0.29, 0.717) is 0 Å². The van der Waals surface area contributed by atoms with Gasteiger partial charge in [0.2, 0.25) is 0 Å². The van der Waals surface area contributed by atoms with Crippen molar-refractivity contribution in [1.29, 1.82) is 0 Å². The van der Waals surface area contributed by atoms with Crippen molar-refractivity contribution in [3.63, 3.8) is 0 Å². The number of thiazole rings is 1. The molecule has 3 aromatic rings. The standard InChI is InChI=1S/C9H11N.C7H9NS.2C6H9N3/c1-2-4-9-7-10-6-5-8(9)3-1;1-2-4-7-6(3-1)8-5-9-7;1-2-7-3-6-5(1)8-4-9-6;1-2-7-4-6-5(1)3-8-9-6/h1-4,10H,5-7H2;5H,1-4H2;4,7H,1-3H2,(H,8,9);7H,1-4H2. The van der Waals surface area contributed by atoms with E-state index in [1.54, 1.807) is 6.33 Å². The molecule has 8 nitrogen and oxygen atoms in total. The Labute approximate surface area is 223 Å². The molecule has 6 heterocycles. The van der Waals surface area contributed by atoms with Crippen LogP contribution in [0.1, 0.15) is 52.3 Å². The summed E-state index contributed by atoms with van der Waals surface area (Å²) in [4.78, 5) is 13.0. The molecule has 0 atom stereocenters. The minimum Gasteiger partial charge on any atom is -0.347 e. The quantitative estimate of drug-likeness (QED) is 0.359. The van der Waals surface area contributed by atoms with Gasteiger partial charge in [0, 0.05) is 37.5 Å². The number of azo groups is 1. The van der Waals surface area contributed by atoms with Crippen LogP contribution in [0.3, 0.4) is 0 Å². The zero-order chi connectivity index (χ0) is 25.1. The van der Waals surface area contributed by atoms with Crippen molar-refractivity contribution in [3.05, 3.63) is 80.5 Å². The molecule has 0 amide bonds. The van der Waals surface area contributed by atoms with Gasteiger partial charge in [0.1, 0.15) is 0 Å². The minimum absolute atomic E-state index is 0.858. The van der Waals surface area contributed by atoms with Crippen LogP contribution in [0.2, 0.25) is 0 Å². The zero-order valence-electron chi connectivity index (χ0n) is 21.6. The van der Waals surface area contributed by atoms with Crippen LogP contribution in [-0.4, -0.2) is 47.7 Å². The molecule has 37 heavy (non-hydrogen) atoms. The Morgan fingerprint density at radius 2 is 1.54 bits per heavy atom. The van der Waals surface area contributed by atoms with Gasteiger partial charge in [-0.15, -0.1) is 11.3 Å². The van der Waals surface area contributed by atoms with Gasteiger partial charge in [-0.1, -0.05) is 24.3 Å². The van der Waals surface area contributed by atoms with Crippen LogP contribution in [0.5, 0.6) is 0 Å². The summed E-state index contributed by atoms with van der Waals surface area (Å²) in [7, 11) is 0. The Balaban J connectivity index is 0.000000101. The Kier molecular flexibility index (Phi) is 9.61. The van der Waals surface area contributed by atoms with Gasteiger partial charge >= 0.3 is 0 Å². The lowest BCUT2D eigenvalue weighted by Crippen LogP contribution is -2.23. The Bertz CT molecular complexity index is 1080. The largest absolute Gasteiger partial charge is 0.347 e. The molecule has 8 rings (SSSR count). The van der Waals surface area contributed by atoms with Gasteiger partial charge < -0.3 is 20.9 Å². The van der Waals surface area contributed by atoms with Gasteiger partial charge in [-0.2, -0.15) is 10.2 Å². The topological polar surface area (TPSA) is 102 Å². The first-order valence-corrected chi connectivity index (χ1v) is 14.4. The predicted molar refractivity (Wildman–Crippen MR) is 149 cm³/mol. The van der Waals surface area contributed by atoms with Crippen molar-refractivity contribution in [2.24, 2.45) is 10.2 Å². The van der Waals surface area contributed by atoms with Gasteiger partial charge in [0.15, 0.2) is 0 Å². The first kappa shape index (κ1) is 25.9. The minimum atomic E-state index is 0.858. The average molecular weight is 519 g/mol. The number of imidazole rings is 1. The van der Waals surface area contributed by atoms with Crippen LogP contribution in [0.4, 0.5) is 0 Å². The molecule has 1 aliphatic carbocycles. The molecule has 0 radical (unpaired) electrons. The normalized spacial score (nSPS) is 18.9. The first-order chi connectivity index (χ1) is 18.4. The molecule has 2 aromatic heterocycles. The Morgan fingerprint density at radius 1 is 0.730 bits per heavy atom. The number of hydrogen-bond donors (Lipinski definition) is 4. The number of aromatic amines is 1. The molecule has 196 valence electrons. The summed E-state index contributed by atoms with van der Waals surface area (Å²) < 4.78 is 0. The van der Waals surface area contributed by atoms with E-state index in [1.807, 2.05) is 16.8 Å². The summed E-state index contributed by atoms with van der Waals surface area (Å²) >= 11 is 1.81. The molecule has 0 spiro atoms. The molecule has 0 saturated carbocycles. The van der Waals surface area contributed by atoms with E-state index in [2.05, 4.69) is 65.4 Å². The monoisotopic (exact) mass is 518 g/mol. The number of nitrogens with one attached hydrogen (secondary N) is 4. The molecule has 5 aliphatic rings. The summed E-state index contributed by atoms with van der Waals surface area (Å²) in [6.45, 7) is 7.10. The van der Waals surface area contributed by atoms with Crippen molar-refractivity contribution in [2.45, 2.75) is 58.0 Å². The first-order valence-electron chi connectivity index (χ1n) is 13.6. The molecule has 0 bridgehead atoms. The molecule has 4 N–H and O–H groups in total. The molecule has 0 fully saturated rings. The number of H-pyrrole nitrogens is 1. The van der Waals surface area contributed by atoms with Crippen molar-refractivity contribution >= 4 is 11.3 Å². The van der Waals surface area contributed by atoms with Crippen molar-refractivity contribution in [1.82, 2.24) is 30.9 Å². The average Bonchev–Trinajstić information content (AvgIpc) is 3.75. The van der Waals surface area contributed by atoms with Gasteiger partial charge in [0.05, 0.1) is 41.2 Å². The molecule has 0 saturated heterocycles. The maximum absolute atomic E-state index is 4.28. The van der Waals surface area contributed by atoms with Crippen LogP contribution >= 0.6 is 11.3 Å². The van der Waals surface area contributed by atoms with E-state index in [4.69, 9.17) is 0 Å². The van der Waals surface area contributed by atoms with Crippen LogP contribution in [0.25, 0.3) is 0 Å². The molecule has 4 aliphatic heterocycles. The zero-order valence-corrected chi connectivity index (χ0v) is 22.4. The number of nitrogens with zero attached hydrogens (tertiary/aromatic N) is 4. The van der Waals surface area contributed by atoms with E-state index in [1.165, 1.54) is 76.5 Å². The molecule has 1 aromatic carbocycles. The second kappa shape index (κ2) is 13.7. The fourth-order valence-corrected chi connectivity index (χ4v) is 5.89. The van der Waals surface area contributed by atoms with E-state index in [-0.39, 0.29) is 0 Å². The lowest BCUT2D eigenvalue weighted by molar-refractivity contribution is 0.627. The summed E-state index contributed by atoms with van der Waals surface area (Å²) in [5.41, 5.74) is 11.4. The van der Waals surface area contributed by atoms with Crippen LogP contribution in [0.15, 0.2) is 57.6 Å². The van der Waals surface area contributed by atoms with Crippen molar-refractivity contribution < 1.29 is 0 Å². The highest BCUT2D eigenvalue weighted by molar-refractivity contribution is 7.09. The second-order valence-corrected chi connectivity index (χ2v) is 10.7. The molecular weight excluding hydrogens is 480 g/mol. The molecular formula is C28H38N8S. The van der Waals surface area contributed by atoms with E-state index < -0.39 is 0 Å². The maximum atomic E-state index is 4.28. The fourth-order valence-electron chi connectivity index (χ4n) is 5.03. The Morgan fingerprint density at radius 3 is 2.41 bits per heavy atom. The van der Waals surface area contributed by atoms with E-state index in [0.717, 1.165) is 58.7 Å². The summed E-state index contributed by atoms with van der Waals surface area (Å²) in [5, 5.41) is 17.8. The van der Waals surface area contributed by atoms with Crippen LogP contribution in [0, 0.1) is 0 Å². The third-order valence-corrected chi connectivity index (χ3v) is 8.14. The second-order valence-electron chi connectivity index (χ2n) is 9.76. The number of aromatic nitrogens is 3. The lowest BCUT2D eigenvalue weighted by Gasteiger charge is -2.15. The summed E-state index contributed by atoms with van der Waals surface area (Å²) in [5.74, 6) is 0. The van der Waals surface area contributed by atoms with Crippen molar-refractivity contribution in [3.8, 4) is 0 Å². The molecule has 0 unspecified atom stereocenters. The third-order valence-electron chi connectivity index (χ3n) is 7.20. The fraction of sp³-hybridized carbons (Fsp3) is 0.500. The lowest BCUT2D eigenvalue weighted by atomic mass is 10.0. The smallest absolute Gasteiger partial charge is 0.0925 e. The maximum Gasteiger partial charge on any atom is 0.0925 e. The number of hydrogen-bond acceptors (Lipinski definition) is 8. The SMILES string of the molecule is C1CC2=C(CN1)N=NC2.c1ccc2c(c1)CCNC2.c1nc2c([nH]1)CNCC2.c1nc2c(s1)CCCC2. The number of aryl methyl sites for hydroxylation is 2. The summed E-state index contributed by atoms with van der Waals surface area (Å²) in [6.07, 6.45) is 10.4. The van der Waals surface area contributed by atoms with E-state index >= 15 is 0 Å². The van der Waals surface area contributed by atoms with Crippen LogP contribution in [-0.2, 0) is 38.8 Å². The highest BCUT2D eigenvalue weighted by Gasteiger charge is 2.15. The predicted octanol–water partition coefficient (Wildman–Crippen LogP) is 4.11. The number of rotatable bonds is 0.